The molecule has 2 aromatic carbocycles. The highest BCUT2D eigenvalue weighted by Gasteiger charge is 2.19. The van der Waals surface area contributed by atoms with E-state index in [-0.39, 0.29) is 13.1 Å². The van der Waals surface area contributed by atoms with Gasteiger partial charge in [-0.15, -0.1) is 0 Å². The zero-order valence-electron chi connectivity index (χ0n) is 17.5. The molecule has 30 heavy (non-hydrogen) atoms. The zero-order valence-corrected chi connectivity index (χ0v) is 19.1. The van der Waals surface area contributed by atoms with Gasteiger partial charge in [0.05, 0.1) is 11.5 Å². The van der Waals surface area contributed by atoms with Crippen molar-refractivity contribution < 1.29 is 25.9 Å². The van der Waals surface area contributed by atoms with Crippen LogP contribution in [0, 0.1) is 27.7 Å². The van der Waals surface area contributed by atoms with Crippen LogP contribution in [0.3, 0.4) is 0 Å². The highest BCUT2D eigenvalue weighted by atomic mass is 32.2. The van der Waals surface area contributed by atoms with Crippen molar-refractivity contribution in [3.05, 3.63) is 46.5 Å². The average molecular weight is 457 g/mol. The first kappa shape index (κ1) is 24.1. The number of nitrogens with two attached hydrogens (primary N) is 1. The Morgan fingerprint density at radius 3 is 1.40 bits per heavy atom. The number of aryl methyl sites for hydroxylation is 4. The number of hydrogen-bond donors (Lipinski definition) is 3. The first-order valence-corrected chi connectivity index (χ1v) is 12.5. The van der Waals surface area contributed by atoms with Gasteiger partial charge < -0.3 is 10.6 Å². The maximum absolute atomic E-state index is 11.2. The smallest absolute Gasteiger partial charge is 0.266 e. The minimum Gasteiger partial charge on any atom is -0.398 e. The van der Waals surface area contributed by atoms with Gasteiger partial charge in [0.15, 0.2) is 0 Å². The maximum Gasteiger partial charge on any atom is 0.266 e. The van der Waals surface area contributed by atoms with Gasteiger partial charge in [0.25, 0.3) is 20.2 Å². The van der Waals surface area contributed by atoms with E-state index in [1.807, 2.05) is 52.0 Å². The Morgan fingerprint density at radius 2 is 1.07 bits per heavy atom. The molecule has 2 rings (SSSR count). The molecule has 0 spiro atoms. The lowest BCUT2D eigenvalue weighted by Gasteiger charge is -2.28. The van der Waals surface area contributed by atoms with Crippen molar-refractivity contribution in [1.29, 1.82) is 0 Å². The molecular formula is C20H28N2O6S2. The van der Waals surface area contributed by atoms with E-state index in [1.54, 1.807) is 4.90 Å². The van der Waals surface area contributed by atoms with Crippen LogP contribution in [0.15, 0.2) is 24.3 Å². The predicted octanol–water partition coefficient (Wildman–Crippen LogP) is 2.75. The van der Waals surface area contributed by atoms with E-state index in [0.717, 1.165) is 39.1 Å². The van der Waals surface area contributed by atoms with E-state index in [1.165, 1.54) is 0 Å². The Bertz CT molecular complexity index is 1080. The molecule has 0 aromatic heterocycles. The fourth-order valence-corrected chi connectivity index (χ4v) is 4.45. The Hall–Kier alpha value is -2.14. The summed E-state index contributed by atoms with van der Waals surface area (Å²) < 4.78 is 63.1. The van der Waals surface area contributed by atoms with Crippen LogP contribution >= 0.6 is 0 Å². The standard InChI is InChI=1S/C20H28N2O6S2/c1-13-9-17(10-14(2)19(13)21)18-11-15(3)20(16(4)12-18)22(5-7-29(23,24)25)6-8-30(26,27)28/h9-12H,5-8,21H2,1-4H3,(H,23,24,25)(H,26,27,28). The third kappa shape index (κ3) is 6.43. The van der Waals surface area contributed by atoms with Crippen molar-refractivity contribution in [2.75, 3.05) is 35.2 Å². The Kier molecular flexibility index (Phi) is 7.18. The molecule has 0 unspecified atom stereocenters. The van der Waals surface area contributed by atoms with Crippen molar-refractivity contribution in [2.45, 2.75) is 27.7 Å². The highest BCUT2D eigenvalue weighted by molar-refractivity contribution is 7.86. The molecule has 0 saturated carbocycles. The molecule has 166 valence electrons. The van der Waals surface area contributed by atoms with Crippen LogP contribution in [0.25, 0.3) is 11.1 Å². The molecule has 10 heteroatoms. The van der Waals surface area contributed by atoms with Gasteiger partial charge in [0.2, 0.25) is 0 Å². The summed E-state index contributed by atoms with van der Waals surface area (Å²) in [6, 6.07) is 7.84. The molecular weight excluding hydrogens is 428 g/mol. The molecule has 8 nitrogen and oxygen atoms in total. The van der Waals surface area contributed by atoms with E-state index in [0.29, 0.717) is 5.69 Å². The van der Waals surface area contributed by atoms with Gasteiger partial charge in [-0.3, -0.25) is 9.11 Å². The zero-order chi connectivity index (χ0) is 22.9. The SMILES string of the molecule is Cc1cc(-c2cc(C)c(N(CCS(=O)(=O)O)CCS(=O)(=O)O)c(C)c2)cc(C)c1N. The lowest BCUT2D eigenvalue weighted by Crippen LogP contribution is -2.34. The average Bonchev–Trinajstić information content (AvgIpc) is 2.58. The second-order valence-corrected chi connectivity index (χ2v) is 10.7. The van der Waals surface area contributed by atoms with E-state index in [2.05, 4.69) is 0 Å². The van der Waals surface area contributed by atoms with Gasteiger partial charge in [0, 0.05) is 24.5 Å². The number of rotatable bonds is 8. The second-order valence-electron chi connectivity index (χ2n) is 7.54. The minimum absolute atomic E-state index is 0.116. The molecule has 0 aliphatic carbocycles. The molecule has 0 fully saturated rings. The number of nitrogen functional groups attached to an aromatic ring is 1. The highest BCUT2D eigenvalue weighted by Crippen LogP contribution is 2.33. The molecule has 2 aromatic rings. The quantitative estimate of drug-likeness (QED) is 0.407. The lowest BCUT2D eigenvalue weighted by molar-refractivity contribution is 0.482. The molecule has 0 aliphatic rings. The van der Waals surface area contributed by atoms with Gasteiger partial charge in [0.1, 0.15) is 0 Å². The van der Waals surface area contributed by atoms with Gasteiger partial charge in [-0.1, -0.05) is 0 Å². The van der Waals surface area contributed by atoms with Gasteiger partial charge in [-0.25, -0.2) is 0 Å². The molecule has 0 amide bonds. The number of nitrogens with zero attached hydrogens (tertiary/aromatic N) is 1. The maximum atomic E-state index is 11.2. The van der Waals surface area contributed by atoms with Crippen LogP contribution in [0.5, 0.6) is 0 Å². The summed E-state index contributed by atoms with van der Waals surface area (Å²) >= 11 is 0. The molecule has 0 radical (unpaired) electrons. The summed E-state index contributed by atoms with van der Waals surface area (Å²) in [6.45, 7) is 7.33. The Balaban J connectivity index is 2.49. The second kappa shape index (κ2) is 8.93. The Labute approximate surface area is 178 Å². The number of hydrogen-bond acceptors (Lipinski definition) is 6. The lowest BCUT2D eigenvalue weighted by atomic mass is 9.95. The van der Waals surface area contributed by atoms with E-state index < -0.39 is 31.7 Å². The predicted molar refractivity (Wildman–Crippen MR) is 120 cm³/mol. The van der Waals surface area contributed by atoms with Crippen LogP contribution in [0.2, 0.25) is 0 Å². The normalized spacial score (nSPS) is 12.2. The summed E-state index contributed by atoms with van der Waals surface area (Å²) in [5.74, 6) is -1.12. The minimum atomic E-state index is -4.24. The third-order valence-corrected chi connectivity index (χ3v) is 6.37. The van der Waals surface area contributed by atoms with E-state index in [9.17, 15) is 16.8 Å². The van der Waals surface area contributed by atoms with Gasteiger partial charge >= 0.3 is 0 Å². The summed E-state index contributed by atoms with van der Waals surface area (Å²) in [4.78, 5) is 1.55. The topological polar surface area (TPSA) is 138 Å². The van der Waals surface area contributed by atoms with Crippen molar-refractivity contribution in [3.63, 3.8) is 0 Å². The number of anilines is 2. The monoisotopic (exact) mass is 456 g/mol. The first-order valence-electron chi connectivity index (χ1n) is 9.31. The summed E-state index contributed by atoms with van der Waals surface area (Å²) in [5, 5.41) is 0. The molecule has 0 bridgehead atoms. The molecule has 0 aliphatic heterocycles. The van der Waals surface area contributed by atoms with Crippen LogP contribution in [0.1, 0.15) is 22.3 Å². The van der Waals surface area contributed by atoms with Gasteiger partial charge in [-0.05, 0) is 85.3 Å². The molecule has 0 heterocycles. The van der Waals surface area contributed by atoms with Crippen LogP contribution < -0.4 is 10.6 Å². The van der Waals surface area contributed by atoms with Crippen molar-refractivity contribution in [1.82, 2.24) is 0 Å². The third-order valence-electron chi connectivity index (χ3n) is 4.97. The largest absolute Gasteiger partial charge is 0.398 e. The fraction of sp³-hybridized carbons (Fsp3) is 0.400. The molecule has 0 saturated heterocycles. The van der Waals surface area contributed by atoms with Crippen LogP contribution in [0.4, 0.5) is 11.4 Å². The summed E-state index contributed by atoms with van der Waals surface area (Å²) in [6.07, 6.45) is 0. The molecule has 4 N–H and O–H groups in total. The molecule has 0 atom stereocenters. The van der Waals surface area contributed by atoms with Crippen molar-refractivity contribution >= 4 is 31.6 Å². The van der Waals surface area contributed by atoms with E-state index >= 15 is 0 Å². The van der Waals surface area contributed by atoms with Crippen LogP contribution in [-0.2, 0) is 20.2 Å². The summed E-state index contributed by atoms with van der Waals surface area (Å²) in [5.41, 5.74) is 12.9. The van der Waals surface area contributed by atoms with Crippen LogP contribution in [-0.4, -0.2) is 50.5 Å². The van der Waals surface area contributed by atoms with Crippen molar-refractivity contribution in [3.8, 4) is 11.1 Å². The number of benzene rings is 2. The van der Waals surface area contributed by atoms with Gasteiger partial charge in [-0.2, -0.15) is 16.8 Å². The Morgan fingerprint density at radius 1 is 0.733 bits per heavy atom. The van der Waals surface area contributed by atoms with E-state index in [4.69, 9.17) is 14.8 Å². The summed E-state index contributed by atoms with van der Waals surface area (Å²) in [7, 11) is -8.47. The van der Waals surface area contributed by atoms with Crippen molar-refractivity contribution in [2.24, 2.45) is 0 Å². The fourth-order valence-electron chi connectivity index (χ4n) is 3.55. The first-order chi connectivity index (χ1) is 13.7.